The summed E-state index contributed by atoms with van der Waals surface area (Å²) in [7, 11) is 4.05. The number of rotatable bonds is 6. The van der Waals surface area contributed by atoms with Gasteiger partial charge in [-0.25, -0.2) is 9.07 Å². The number of aryl methyl sites for hydroxylation is 1. The number of hydrogen-bond acceptors (Lipinski definition) is 6. The van der Waals surface area contributed by atoms with Crippen molar-refractivity contribution in [1.29, 1.82) is 0 Å². The van der Waals surface area contributed by atoms with Crippen LogP contribution in [0.5, 0.6) is 5.75 Å². The van der Waals surface area contributed by atoms with Gasteiger partial charge in [-0.15, -0.1) is 15.3 Å². The largest absolute Gasteiger partial charge is 0.486 e. The van der Waals surface area contributed by atoms with Gasteiger partial charge in [0.25, 0.3) is 0 Å². The molecule has 2 aromatic heterocycles. The second kappa shape index (κ2) is 9.44. The maximum Gasteiger partial charge on any atom is 0.170 e. The molecule has 182 valence electrons. The second-order valence-corrected chi connectivity index (χ2v) is 10.00. The highest BCUT2D eigenvalue weighted by Gasteiger charge is 2.38. The van der Waals surface area contributed by atoms with E-state index in [0.717, 1.165) is 56.2 Å². The van der Waals surface area contributed by atoms with Crippen molar-refractivity contribution >= 4 is 0 Å². The molecule has 5 rings (SSSR count). The first-order valence-electron chi connectivity index (χ1n) is 12.3. The summed E-state index contributed by atoms with van der Waals surface area (Å²) in [5.41, 5.74) is 0.312. The molecule has 0 atom stereocenters. The lowest BCUT2D eigenvalue weighted by Crippen LogP contribution is -2.38. The van der Waals surface area contributed by atoms with Crippen molar-refractivity contribution in [3.8, 4) is 5.75 Å². The Morgan fingerprint density at radius 1 is 1.06 bits per heavy atom. The molecule has 2 fully saturated rings. The fourth-order valence-electron chi connectivity index (χ4n) is 5.20. The molecule has 0 radical (unpaired) electrons. The molecule has 1 aromatic carbocycles. The van der Waals surface area contributed by atoms with E-state index in [0.29, 0.717) is 31.1 Å². The third-order valence-electron chi connectivity index (χ3n) is 7.54. The average Bonchev–Trinajstić information content (AvgIpc) is 3.48. The van der Waals surface area contributed by atoms with Crippen molar-refractivity contribution in [3.63, 3.8) is 0 Å². The monoisotopic (exact) mass is 467 g/mol. The molecule has 9 heteroatoms. The number of nitrogens with zero attached hydrogens (tertiary/aromatic N) is 7. The molecule has 0 amide bonds. The maximum absolute atomic E-state index is 15.4. The molecule has 3 heterocycles. The van der Waals surface area contributed by atoms with Gasteiger partial charge in [-0.2, -0.15) is 0 Å². The van der Waals surface area contributed by atoms with Crippen LogP contribution >= 0.6 is 0 Å². The minimum Gasteiger partial charge on any atom is -0.486 e. The molecule has 0 bridgehead atoms. The molecular formula is C25H34FN7O. The Labute approximate surface area is 200 Å². The molecule has 0 spiro atoms. The summed E-state index contributed by atoms with van der Waals surface area (Å²) in [6.07, 6.45) is 6.74. The zero-order valence-corrected chi connectivity index (χ0v) is 20.3. The Morgan fingerprint density at radius 3 is 2.56 bits per heavy atom. The number of hydrogen-bond donors (Lipinski definition) is 0. The highest BCUT2D eigenvalue weighted by Crippen LogP contribution is 2.39. The van der Waals surface area contributed by atoms with Crippen LogP contribution in [0.25, 0.3) is 0 Å². The molecule has 2 aliphatic rings. The van der Waals surface area contributed by atoms with Crippen molar-refractivity contribution in [2.75, 3.05) is 20.1 Å². The van der Waals surface area contributed by atoms with Crippen LogP contribution in [0, 0.1) is 6.92 Å². The summed E-state index contributed by atoms with van der Waals surface area (Å²) < 4.78 is 25.3. The van der Waals surface area contributed by atoms with Crippen LogP contribution in [-0.2, 0) is 19.3 Å². The minimum absolute atomic E-state index is 0.254. The molecule has 1 saturated carbocycles. The molecule has 34 heavy (non-hydrogen) atoms. The molecule has 8 nitrogen and oxygen atoms in total. The van der Waals surface area contributed by atoms with E-state index in [2.05, 4.69) is 30.0 Å². The van der Waals surface area contributed by atoms with Crippen molar-refractivity contribution < 1.29 is 9.13 Å². The van der Waals surface area contributed by atoms with Gasteiger partial charge in [-0.05, 0) is 57.4 Å². The number of halogens is 1. The maximum atomic E-state index is 15.4. The van der Waals surface area contributed by atoms with E-state index in [1.165, 1.54) is 5.56 Å². The van der Waals surface area contributed by atoms with Crippen molar-refractivity contribution in [2.24, 2.45) is 7.05 Å². The van der Waals surface area contributed by atoms with Gasteiger partial charge in [0.1, 0.15) is 23.9 Å². The Morgan fingerprint density at radius 2 is 1.82 bits per heavy atom. The summed E-state index contributed by atoms with van der Waals surface area (Å²) in [6, 6.07) is 8.27. The molecule has 3 aromatic rings. The molecular weight excluding hydrogens is 433 g/mol. The summed E-state index contributed by atoms with van der Waals surface area (Å²) in [5, 5.41) is 17.4. The number of benzene rings is 1. The quantitative estimate of drug-likeness (QED) is 0.544. The minimum atomic E-state index is -1.35. The van der Waals surface area contributed by atoms with Gasteiger partial charge < -0.3 is 14.2 Å². The van der Waals surface area contributed by atoms with Crippen LogP contribution in [0.2, 0.25) is 0 Å². The Kier molecular flexibility index (Phi) is 6.38. The molecule has 1 aliphatic carbocycles. The Hall–Kier alpha value is -2.81. The first-order valence-corrected chi connectivity index (χ1v) is 12.3. The van der Waals surface area contributed by atoms with E-state index in [-0.39, 0.29) is 6.04 Å². The third kappa shape index (κ3) is 4.71. The standard InChI is InChI=1S/C25H34FN7O/c1-18-5-4-6-21(15-18)34-17-23-28-29-24(32(23)3)19-7-9-20(10-8-19)33-16-22(27-30-33)25(26)11-13-31(2)14-12-25/h4-6,15-16,19-20H,7-14,17H2,1-3H3/t19-,20-. The summed E-state index contributed by atoms with van der Waals surface area (Å²) >= 11 is 0. The Balaban J connectivity index is 1.18. The van der Waals surface area contributed by atoms with Crippen LogP contribution in [0.3, 0.4) is 0 Å². The van der Waals surface area contributed by atoms with E-state index in [4.69, 9.17) is 4.74 Å². The van der Waals surface area contributed by atoms with Crippen LogP contribution < -0.4 is 4.74 Å². The van der Waals surface area contributed by atoms with E-state index in [1.54, 1.807) is 0 Å². The predicted octanol–water partition coefficient (Wildman–Crippen LogP) is 4.08. The lowest BCUT2D eigenvalue weighted by molar-refractivity contribution is 0.0632. The first-order chi connectivity index (χ1) is 16.4. The topological polar surface area (TPSA) is 73.9 Å². The van der Waals surface area contributed by atoms with E-state index >= 15 is 4.39 Å². The number of aromatic nitrogens is 6. The SMILES string of the molecule is Cc1cccc(OCc2nnc([C@H]3CC[C@H](n4cc(C5(F)CCN(C)CC5)nn4)CC3)n2C)c1. The summed E-state index contributed by atoms with van der Waals surface area (Å²) in [4.78, 5) is 2.16. The van der Waals surface area contributed by atoms with Crippen LogP contribution in [0.1, 0.15) is 73.4 Å². The fraction of sp³-hybridized carbons (Fsp3) is 0.600. The average molecular weight is 468 g/mol. The highest BCUT2D eigenvalue weighted by molar-refractivity contribution is 5.27. The van der Waals surface area contributed by atoms with Crippen LogP contribution in [0.15, 0.2) is 30.5 Å². The van der Waals surface area contributed by atoms with Crippen LogP contribution in [0.4, 0.5) is 4.39 Å². The van der Waals surface area contributed by atoms with Crippen molar-refractivity contribution in [3.05, 3.63) is 53.4 Å². The molecule has 1 saturated heterocycles. The van der Waals surface area contributed by atoms with Crippen molar-refractivity contribution in [2.45, 2.75) is 69.7 Å². The lowest BCUT2D eigenvalue weighted by atomic mass is 9.85. The number of likely N-dealkylation sites (tertiary alicyclic amines) is 1. The van der Waals surface area contributed by atoms with E-state index < -0.39 is 5.67 Å². The smallest absolute Gasteiger partial charge is 0.170 e. The van der Waals surface area contributed by atoms with Gasteiger partial charge in [-0.1, -0.05) is 17.3 Å². The van der Waals surface area contributed by atoms with Gasteiger partial charge in [-0.3, -0.25) is 0 Å². The van der Waals surface area contributed by atoms with Crippen LogP contribution in [-0.4, -0.2) is 54.8 Å². The lowest BCUT2D eigenvalue weighted by Gasteiger charge is -2.33. The van der Waals surface area contributed by atoms with E-state index in [9.17, 15) is 0 Å². The van der Waals surface area contributed by atoms with Gasteiger partial charge in [0.2, 0.25) is 0 Å². The summed E-state index contributed by atoms with van der Waals surface area (Å²) in [5.74, 6) is 3.03. The molecule has 1 aliphatic heterocycles. The number of ether oxygens (including phenoxy) is 1. The zero-order valence-electron chi connectivity index (χ0n) is 20.3. The van der Waals surface area contributed by atoms with Gasteiger partial charge >= 0.3 is 0 Å². The highest BCUT2D eigenvalue weighted by atomic mass is 19.1. The predicted molar refractivity (Wildman–Crippen MR) is 126 cm³/mol. The first kappa shape index (κ1) is 23.0. The second-order valence-electron chi connectivity index (χ2n) is 10.00. The number of piperidine rings is 1. The molecule has 0 N–H and O–H groups in total. The van der Waals surface area contributed by atoms with Gasteiger partial charge in [0.15, 0.2) is 11.5 Å². The normalized spacial score (nSPS) is 23.2. The number of alkyl halides is 1. The van der Waals surface area contributed by atoms with E-state index in [1.807, 2.05) is 56.2 Å². The zero-order chi connectivity index (χ0) is 23.7. The van der Waals surface area contributed by atoms with Gasteiger partial charge in [0.05, 0.1) is 12.2 Å². The Bertz CT molecular complexity index is 1110. The van der Waals surface area contributed by atoms with Crippen molar-refractivity contribution in [1.82, 2.24) is 34.7 Å². The van der Waals surface area contributed by atoms with Gasteiger partial charge in [0, 0.05) is 38.9 Å². The summed E-state index contributed by atoms with van der Waals surface area (Å²) in [6.45, 7) is 3.95. The fourth-order valence-corrected chi connectivity index (χ4v) is 5.20. The third-order valence-corrected chi connectivity index (χ3v) is 7.54. The molecule has 0 unspecified atom stereocenters.